The van der Waals surface area contributed by atoms with Gasteiger partial charge in [-0.25, -0.2) is 9.97 Å². The second-order valence-corrected chi connectivity index (χ2v) is 23.8. The minimum absolute atomic E-state index is 0.0546. The maximum Gasteiger partial charge on any atom is 0.263 e. The van der Waals surface area contributed by atoms with Crippen LogP contribution in [0, 0.1) is 5.41 Å². The van der Waals surface area contributed by atoms with Crippen LogP contribution >= 0.6 is 11.6 Å². The van der Waals surface area contributed by atoms with E-state index in [1.807, 2.05) is 20.8 Å². The van der Waals surface area contributed by atoms with Crippen LogP contribution in [0.5, 0.6) is 17.2 Å². The summed E-state index contributed by atoms with van der Waals surface area (Å²) >= 11 is 6.52. The van der Waals surface area contributed by atoms with E-state index in [1.165, 1.54) is 17.1 Å². The molecule has 0 spiro atoms. The Morgan fingerprint density at radius 1 is 1.07 bits per heavy atom. The van der Waals surface area contributed by atoms with E-state index < -0.39 is 19.5 Å². The van der Waals surface area contributed by atoms with Crippen LogP contribution in [0.1, 0.15) is 58.3 Å². The third-order valence-electron chi connectivity index (χ3n) is 9.68. The van der Waals surface area contributed by atoms with E-state index in [1.54, 1.807) is 29.9 Å². The lowest BCUT2D eigenvalue weighted by molar-refractivity contribution is -0.116. The molecule has 0 bridgehead atoms. The Morgan fingerprint density at radius 3 is 2.50 bits per heavy atom. The molecule has 56 heavy (non-hydrogen) atoms. The average Bonchev–Trinajstić information content (AvgIpc) is 3.72. The molecule has 0 radical (unpaired) electrons. The molecule has 2 N–H and O–H groups in total. The van der Waals surface area contributed by atoms with Gasteiger partial charge >= 0.3 is 0 Å². The third-order valence-corrected chi connectivity index (χ3v) is 11.7. The van der Waals surface area contributed by atoms with Crippen molar-refractivity contribution in [3.8, 4) is 28.4 Å². The second kappa shape index (κ2) is 15.7. The zero-order valence-electron chi connectivity index (χ0n) is 34.1. The molecule has 1 saturated heterocycles. The van der Waals surface area contributed by atoms with Crippen molar-refractivity contribution in [3.63, 3.8) is 0 Å². The highest BCUT2D eigenvalue weighted by atomic mass is 35.5. The number of fused-ring (bicyclic) bond motifs is 2. The summed E-state index contributed by atoms with van der Waals surface area (Å²) in [6.07, 6.45) is 5.32. The van der Waals surface area contributed by atoms with Gasteiger partial charge in [0.1, 0.15) is 18.0 Å². The van der Waals surface area contributed by atoms with E-state index in [2.05, 4.69) is 65.9 Å². The fourth-order valence-corrected chi connectivity index (χ4v) is 8.31. The summed E-state index contributed by atoms with van der Waals surface area (Å²) in [5.74, 6) is 0.830. The number of rotatable bonds is 12. The summed E-state index contributed by atoms with van der Waals surface area (Å²) in [7, 11) is 0.109. The first kappa shape index (κ1) is 41.0. The number of nitrogens with one attached hydrogen (secondary N) is 2. The molecule has 1 atom stereocenters. The lowest BCUT2D eigenvalue weighted by Crippen LogP contribution is -2.45. The standard InChI is InChI=1S/C40H54ClN7O7Si/c1-24-20-52-12-11-48(24)30-16-29(28(41)17-42-30)44-31(49)19-47-18-27(32-36(47)43-22-46(7)38(32)51)25-15-26(37(50)45-40(5,6)21-39(2,3)4)34(35-33(25)54-23-55-35)53-13-14-56(8,9)10/h15-18,22,24H,11-14,19-21,23H2,1-10H3,(H,45,50)(H,42,44,49)/t24-/m0/s1. The van der Waals surface area contributed by atoms with E-state index in [-0.39, 0.29) is 69.4 Å². The molecule has 302 valence electrons. The van der Waals surface area contributed by atoms with Gasteiger partial charge in [0, 0.05) is 50.6 Å². The fourth-order valence-electron chi connectivity index (χ4n) is 7.44. The van der Waals surface area contributed by atoms with Crippen LogP contribution in [0.4, 0.5) is 11.5 Å². The van der Waals surface area contributed by atoms with E-state index in [0.717, 1.165) is 6.04 Å². The lowest BCUT2D eigenvalue weighted by atomic mass is 9.81. The van der Waals surface area contributed by atoms with Crippen molar-refractivity contribution in [3.05, 3.63) is 51.8 Å². The number of anilines is 2. The Balaban J connectivity index is 1.41. The highest BCUT2D eigenvalue weighted by molar-refractivity contribution is 6.76. The maximum atomic E-state index is 14.4. The number of aromatic nitrogens is 4. The number of morpholine rings is 1. The Bertz CT molecular complexity index is 2210. The molecule has 4 aromatic rings. The molecule has 1 aromatic carbocycles. The number of halogens is 1. The monoisotopic (exact) mass is 807 g/mol. The van der Waals surface area contributed by atoms with Crippen LogP contribution < -0.4 is 35.3 Å². The van der Waals surface area contributed by atoms with Gasteiger partial charge in [0.15, 0.2) is 11.5 Å². The van der Waals surface area contributed by atoms with Crippen LogP contribution in [0.3, 0.4) is 0 Å². The topological polar surface area (TPSA) is 151 Å². The quantitative estimate of drug-likeness (QED) is 0.148. The zero-order chi connectivity index (χ0) is 40.7. The van der Waals surface area contributed by atoms with Crippen molar-refractivity contribution in [2.24, 2.45) is 12.5 Å². The smallest absolute Gasteiger partial charge is 0.263 e. The highest BCUT2D eigenvalue weighted by Crippen LogP contribution is 2.51. The van der Waals surface area contributed by atoms with Crippen LogP contribution in [0.25, 0.3) is 22.2 Å². The number of nitrogens with zero attached hydrogens (tertiary/aromatic N) is 5. The number of carbonyl (C=O) groups excluding carboxylic acids is 2. The molecule has 0 aliphatic carbocycles. The summed E-state index contributed by atoms with van der Waals surface area (Å²) in [5.41, 5.74) is 0.825. The normalized spacial score (nSPS) is 16.0. The number of amides is 2. The van der Waals surface area contributed by atoms with E-state index in [0.29, 0.717) is 61.2 Å². The van der Waals surface area contributed by atoms with Crippen molar-refractivity contribution in [2.75, 3.05) is 43.4 Å². The Morgan fingerprint density at radius 2 is 1.80 bits per heavy atom. The molecule has 2 amide bonds. The van der Waals surface area contributed by atoms with Crippen molar-refractivity contribution in [2.45, 2.75) is 91.8 Å². The Hall–Kier alpha value is -4.60. The molecule has 3 aromatic heterocycles. The highest BCUT2D eigenvalue weighted by Gasteiger charge is 2.35. The van der Waals surface area contributed by atoms with Crippen molar-refractivity contribution in [1.29, 1.82) is 0 Å². The molecule has 5 heterocycles. The first-order valence-electron chi connectivity index (χ1n) is 19.0. The first-order chi connectivity index (χ1) is 26.2. The van der Waals surface area contributed by atoms with E-state index in [9.17, 15) is 14.4 Å². The first-order valence-corrected chi connectivity index (χ1v) is 23.1. The number of pyridine rings is 1. The third kappa shape index (κ3) is 9.16. The average molecular weight is 808 g/mol. The molecule has 6 rings (SSSR count). The summed E-state index contributed by atoms with van der Waals surface area (Å²) in [6, 6.07) is 4.40. The number of aryl methyl sites for hydroxylation is 1. The largest absolute Gasteiger partial charge is 0.489 e. The van der Waals surface area contributed by atoms with Gasteiger partial charge in [-0.15, -0.1) is 0 Å². The van der Waals surface area contributed by atoms with Crippen molar-refractivity contribution < 1.29 is 28.5 Å². The van der Waals surface area contributed by atoms with E-state index >= 15 is 0 Å². The summed E-state index contributed by atoms with van der Waals surface area (Å²) < 4.78 is 27.1. The van der Waals surface area contributed by atoms with Crippen LogP contribution in [0.2, 0.25) is 30.7 Å². The summed E-state index contributed by atoms with van der Waals surface area (Å²) in [6.45, 7) is 21.1. The number of hydrogen-bond donors (Lipinski definition) is 2. The van der Waals surface area contributed by atoms with E-state index in [4.69, 9.17) is 30.5 Å². The second-order valence-electron chi connectivity index (χ2n) is 17.8. The van der Waals surface area contributed by atoms with Crippen LogP contribution in [-0.2, 0) is 23.1 Å². The summed E-state index contributed by atoms with van der Waals surface area (Å²) in [5, 5.41) is 6.67. The SMILES string of the molecule is C[C@H]1COCCN1c1cc(NC(=O)Cn2cc(-c3cc(C(=O)NC(C)(C)CC(C)(C)C)c(OCC[Si](C)(C)C)c4c3OCO4)c3c(=O)n(C)cnc32)c(Cl)cn1. The molecule has 0 unspecified atom stereocenters. The molecule has 2 aliphatic rings. The minimum Gasteiger partial charge on any atom is -0.489 e. The molecule has 0 saturated carbocycles. The lowest BCUT2D eigenvalue weighted by Gasteiger charge is -2.34. The zero-order valence-corrected chi connectivity index (χ0v) is 35.8. The molecule has 2 aliphatic heterocycles. The van der Waals surface area contributed by atoms with Gasteiger partial charge in [-0.3, -0.25) is 14.4 Å². The predicted molar refractivity (Wildman–Crippen MR) is 221 cm³/mol. The van der Waals surface area contributed by atoms with Gasteiger partial charge in [0.25, 0.3) is 11.5 Å². The molecule has 16 heteroatoms. The molecule has 1 fully saturated rings. The fraction of sp³-hybridized carbons (Fsp3) is 0.525. The predicted octanol–water partition coefficient (Wildman–Crippen LogP) is 6.70. The van der Waals surface area contributed by atoms with Gasteiger partial charge in [-0.2, -0.15) is 0 Å². The van der Waals surface area contributed by atoms with Gasteiger partial charge < -0.3 is 43.6 Å². The molecular weight excluding hydrogens is 754 g/mol. The number of benzene rings is 1. The van der Waals surface area contributed by atoms with Gasteiger partial charge in [-0.05, 0) is 44.7 Å². The van der Waals surface area contributed by atoms with Gasteiger partial charge in [0.2, 0.25) is 18.4 Å². The Labute approximate surface area is 333 Å². The van der Waals surface area contributed by atoms with Gasteiger partial charge in [-0.1, -0.05) is 52.0 Å². The van der Waals surface area contributed by atoms with Crippen molar-refractivity contribution in [1.82, 2.24) is 24.4 Å². The minimum atomic E-state index is -1.50. The number of carbonyl (C=O) groups is 2. The molecule has 14 nitrogen and oxygen atoms in total. The van der Waals surface area contributed by atoms with Gasteiger partial charge in [0.05, 0.1) is 60.0 Å². The van der Waals surface area contributed by atoms with Crippen LogP contribution in [-0.4, -0.2) is 83.7 Å². The van der Waals surface area contributed by atoms with Crippen molar-refractivity contribution >= 4 is 54.0 Å². The molecular formula is C40H54ClN7O7Si. The number of hydrogen-bond acceptors (Lipinski definition) is 10. The maximum absolute atomic E-state index is 14.4. The van der Waals surface area contributed by atoms with Crippen LogP contribution in [0.15, 0.2) is 35.6 Å². The Kier molecular flexibility index (Phi) is 11.5. The number of ether oxygens (including phenoxy) is 4. The summed E-state index contributed by atoms with van der Waals surface area (Å²) in [4.78, 5) is 53.2.